The molecule has 1 heterocycles. The third-order valence-corrected chi connectivity index (χ3v) is 3.42. The molecule has 3 aromatic rings. The Morgan fingerprint density at radius 3 is 2.65 bits per heavy atom. The Kier molecular flexibility index (Phi) is 3.29. The maximum atomic E-state index is 5.36. The number of para-hydroxylation sites is 3. The van der Waals surface area contributed by atoms with Crippen molar-refractivity contribution in [3.05, 3.63) is 54.1 Å². The molecule has 0 bridgehead atoms. The summed E-state index contributed by atoms with van der Waals surface area (Å²) in [5.41, 5.74) is 3.23. The summed E-state index contributed by atoms with van der Waals surface area (Å²) in [6.07, 6.45) is 0. The van der Waals surface area contributed by atoms with Gasteiger partial charge in [0.1, 0.15) is 5.75 Å². The lowest BCUT2D eigenvalue weighted by molar-refractivity contribution is 0.410. The van der Waals surface area contributed by atoms with Crippen LogP contribution in [0.5, 0.6) is 5.75 Å². The number of ether oxygens (including phenoxy) is 1. The molecule has 0 saturated heterocycles. The lowest BCUT2D eigenvalue weighted by Gasteiger charge is -2.10. The first-order chi connectivity index (χ1) is 9.79. The van der Waals surface area contributed by atoms with Crippen LogP contribution < -0.4 is 10.1 Å². The standard InChI is InChI=1S/C16H17N3O/c1-19-14-9-5-4-8-13(14)18-16(19)17-11-12-7-3-6-10-15(12)20-2/h3-10H,11H2,1-2H3,(H,17,18). The van der Waals surface area contributed by atoms with Crippen molar-refractivity contribution in [3.63, 3.8) is 0 Å². The zero-order chi connectivity index (χ0) is 13.9. The van der Waals surface area contributed by atoms with E-state index >= 15 is 0 Å². The topological polar surface area (TPSA) is 39.1 Å². The first kappa shape index (κ1) is 12.5. The lowest BCUT2D eigenvalue weighted by atomic mass is 10.2. The quantitative estimate of drug-likeness (QED) is 0.789. The predicted octanol–water partition coefficient (Wildman–Crippen LogP) is 3.19. The number of methoxy groups -OCH3 is 1. The Bertz CT molecular complexity index is 733. The highest BCUT2D eigenvalue weighted by Crippen LogP contribution is 2.21. The number of aryl methyl sites for hydroxylation is 1. The van der Waals surface area contributed by atoms with Gasteiger partial charge in [-0.2, -0.15) is 0 Å². The van der Waals surface area contributed by atoms with Crippen LogP contribution >= 0.6 is 0 Å². The fraction of sp³-hybridized carbons (Fsp3) is 0.188. The van der Waals surface area contributed by atoms with Gasteiger partial charge < -0.3 is 14.6 Å². The molecule has 3 rings (SSSR count). The van der Waals surface area contributed by atoms with Gasteiger partial charge in [0.25, 0.3) is 0 Å². The molecule has 0 saturated carbocycles. The molecule has 0 aliphatic rings. The van der Waals surface area contributed by atoms with Crippen LogP contribution in [-0.4, -0.2) is 16.7 Å². The zero-order valence-electron chi connectivity index (χ0n) is 11.6. The van der Waals surface area contributed by atoms with Crippen molar-refractivity contribution < 1.29 is 4.74 Å². The Morgan fingerprint density at radius 2 is 1.85 bits per heavy atom. The summed E-state index contributed by atoms with van der Waals surface area (Å²) in [6.45, 7) is 0.682. The number of anilines is 1. The van der Waals surface area contributed by atoms with Gasteiger partial charge in [0.15, 0.2) is 0 Å². The highest BCUT2D eigenvalue weighted by atomic mass is 16.5. The molecule has 0 aliphatic heterocycles. The molecule has 4 nitrogen and oxygen atoms in total. The van der Waals surface area contributed by atoms with Crippen LogP contribution in [0.4, 0.5) is 5.95 Å². The van der Waals surface area contributed by atoms with E-state index in [-0.39, 0.29) is 0 Å². The monoisotopic (exact) mass is 267 g/mol. The molecule has 1 N–H and O–H groups in total. The van der Waals surface area contributed by atoms with Gasteiger partial charge in [-0.25, -0.2) is 4.98 Å². The molecule has 0 spiro atoms. The summed E-state index contributed by atoms with van der Waals surface area (Å²) in [6, 6.07) is 16.1. The summed E-state index contributed by atoms with van der Waals surface area (Å²) < 4.78 is 7.42. The molecule has 0 unspecified atom stereocenters. The summed E-state index contributed by atoms with van der Waals surface area (Å²) in [7, 11) is 3.70. The molecular weight excluding hydrogens is 250 g/mol. The minimum atomic E-state index is 0.682. The zero-order valence-corrected chi connectivity index (χ0v) is 11.6. The van der Waals surface area contributed by atoms with E-state index < -0.39 is 0 Å². The second kappa shape index (κ2) is 5.25. The second-order valence-electron chi connectivity index (χ2n) is 4.65. The van der Waals surface area contributed by atoms with E-state index in [9.17, 15) is 0 Å². The molecule has 0 fully saturated rings. The van der Waals surface area contributed by atoms with Crippen molar-refractivity contribution in [1.29, 1.82) is 0 Å². The minimum absolute atomic E-state index is 0.682. The highest BCUT2D eigenvalue weighted by molar-refractivity contribution is 5.78. The van der Waals surface area contributed by atoms with Crippen molar-refractivity contribution in [3.8, 4) is 5.75 Å². The number of hydrogen-bond acceptors (Lipinski definition) is 3. The molecule has 1 aromatic heterocycles. The van der Waals surface area contributed by atoms with Crippen molar-refractivity contribution in [2.24, 2.45) is 7.05 Å². The highest BCUT2D eigenvalue weighted by Gasteiger charge is 2.07. The number of hydrogen-bond donors (Lipinski definition) is 1. The van der Waals surface area contributed by atoms with Gasteiger partial charge in [0.2, 0.25) is 5.95 Å². The summed E-state index contributed by atoms with van der Waals surface area (Å²) in [5.74, 6) is 1.75. The largest absolute Gasteiger partial charge is 0.496 e. The van der Waals surface area contributed by atoms with Gasteiger partial charge in [0.05, 0.1) is 18.1 Å². The maximum Gasteiger partial charge on any atom is 0.203 e. The minimum Gasteiger partial charge on any atom is -0.496 e. The Labute approximate surface area is 118 Å². The maximum absolute atomic E-state index is 5.36. The van der Waals surface area contributed by atoms with E-state index in [0.717, 1.165) is 28.3 Å². The number of nitrogens with one attached hydrogen (secondary N) is 1. The average molecular weight is 267 g/mol. The van der Waals surface area contributed by atoms with Gasteiger partial charge in [-0.3, -0.25) is 0 Å². The number of rotatable bonds is 4. The van der Waals surface area contributed by atoms with E-state index in [4.69, 9.17) is 4.74 Å². The van der Waals surface area contributed by atoms with E-state index in [1.165, 1.54) is 0 Å². The van der Waals surface area contributed by atoms with Gasteiger partial charge in [0, 0.05) is 19.2 Å². The van der Waals surface area contributed by atoms with E-state index in [2.05, 4.69) is 27.0 Å². The van der Waals surface area contributed by atoms with Gasteiger partial charge in [-0.05, 0) is 18.2 Å². The fourth-order valence-electron chi connectivity index (χ4n) is 2.33. The molecular formula is C16H17N3O. The number of aromatic nitrogens is 2. The Hall–Kier alpha value is -2.49. The van der Waals surface area contributed by atoms with Gasteiger partial charge >= 0.3 is 0 Å². The van der Waals surface area contributed by atoms with Crippen LogP contribution in [0, 0.1) is 0 Å². The first-order valence-corrected chi connectivity index (χ1v) is 6.57. The van der Waals surface area contributed by atoms with Crippen LogP contribution in [0.15, 0.2) is 48.5 Å². The van der Waals surface area contributed by atoms with E-state index in [1.54, 1.807) is 7.11 Å². The molecule has 102 valence electrons. The number of imidazole rings is 1. The van der Waals surface area contributed by atoms with Crippen molar-refractivity contribution in [2.45, 2.75) is 6.54 Å². The molecule has 0 atom stereocenters. The predicted molar refractivity (Wildman–Crippen MR) is 81.0 cm³/mol. The van der Waals surface area contributed by atoms with Gasteiger partial charge in [-0.1, -0.05) is 30.3 Å². The van der Waals surface area contributed by atoms with Crippen molar-refractivity contribution in [1.82, 2.24) is 9.55 Å². The smallest absolute Gasteiger partial charge is 0.203 e. The van der Waals surface area contributed by atoms with Crippen LogP contribution in [0.25, 0.3) is 11.0 Å². The normalized spacial score (nSPS) is 10.7. The average Bonchev–Trinajstić information content (AvgIpc) is 2.82. The van der Waals surface area contributed by atoms with Crippen molar-refractivity contribution in [2.75, 3.05) is 12.4 Å². The number of nitrogens with zero attached hydrogens (tertiary/aromatic N) is 2. The van der Waals surface area contributed by atoms with E-state index in [1.807, 2.05) is 43.4 Å². The molecule has 0 aliphatic carbocycles. The second-order valence-corrected chi connectivity index (χ2v) is 4.65. The molecule has 0 amide bonds. The van der Waals surface area contributed by atoms with Crippen LogP contribution in [0.1, 0.15) is 5.56 Å². The third kappa shape index (κ3) is 2.20. The number of benzene rings is 2. The Balaban J connectivity index is 1.85. The van der Waals surface area contributed by atoms with Crippen LogP contribution in [0.3, 0.4) is 0 Å². The summed E-state index contributed by atoms with van der Waals surface area (Å²) >= 11 is 0. The van der Waals surface area contributed by atoms with E-state index in [0.29, 0.717) is 6.54 Å². The lowest BCUT2D eigenvalue weighted by Crippen LogP contribution is -2.06. The summed E-state index contributed by atoms with van der Waals surface area (Å²) in [5, 5.41) is 3.37. The first-order valence-electron chi connectivity index (χ1n) is 6.57. The van der Waals surface area contributed by atoms with Crippen molar-refractivity contribution >= 4 is 17.0 Å². The number of fused-ring (bicyclic) bond motifs is 1. The fourth-order valence-corrected chi connectivity index (χ4v) is 2.33. The molecule has 2 aromatic carbocycles. The molecule has 4 heteroatoms. The third-order valence-electron chi connectivity index (χ3n) is 3.42. The molecule has 20 heavy (non-hydrogen) atoms. The Morgan fingerprint density at radius 1 is 1.10 bits per heavy atom. The summed E-state index contributed by atoms with van der Waals surface area (Å²) in [4.78, 5) is 4.59. The SMILES string of the molecule is COc1ccccc1CNc1nc2ccccc2n1C. The van der Waals surface area contributed by atoms with Gasteiger partial charge in [-0.15, -0.1) is 0 Å². The molecule has 0 radical (unpaired) electrons. The van der Waals surface area contributed by atoms with Crippen LogP contribution in [-0.2, 0) is 13.6 Å². The van der Waals surface area contributed by atoms with Crippen LogP contribution in [0.2, 0.25) is 0 Å².